The number of nitrogens with zero attached hydrogens (tertiary/aromatic N) is 1. The van der Waals surface area contributed by atoms with E-state index in [-0.39, 0.29) is 30.1 Å². The topological polar surface area (TPSA) is 176 Å². The van der Waals surface area contributed by atoms with Gasteiger partial charge in [-0.1, -0.05) is 6.42 Å². The number of Topliss-reactive ketones (excluding diaryl/α,β-unsaturated/α-hetero) is 1. The van der Waals surface area contributed by atoms with Crippen molar-refractivity contribution in [2.45, 2.75) is 63.1 Å². The van der Waals surface area contributed by atoms with Gasteiger partial charge in [0.25, 0.3) is 0 Å². The van der Waals surface area contributed by atoms with Gasteiger partial charge in [0.15, 0.2) is 5.78 Å². The van der Waals surface area contributed by atoms with Crippen LogP contribution in [0.3, 0.4) is 0 Å². The van der Waals surface area contributed by atoms with Crippen LogP contribution in [0.1, 0.15) is 44.9 Å². The molecule has 0 radical (unpaired) electrons. The molecule has 0 aromatic rings. The smallest absolute Gasteiger partial charge is 0.243 e. The number of amides is 3. The van der Waals surface area contributed by atoms with Crippen LogP contribution in [0, 0.1) is 11.8 Å². The number of nitrogens with one attached hydrogen (secondary N) is 1. The van der Waals surface area contributed by atoms with Gasteiger partial charge in [0.05, 0.1) is 19.3 Å². The molecule has 2 fully saturated rings. The monoisotopic (exact) mass is 412 g/mol. The number of aliphatic hydroxyl groups is 2. The number of ketones is 1. The minimum Gasteiger partial charge on any atom is -0.394 e. The van der Waals surface area contributed by atoms with Gasteiger partial charge in [-0.3, -0.25) is 19.2 Å². The lowest BCUT2D eigenvalue weighted by molar-refractivity contribution is -0.142. The Balaban J connectivity index is 1.98. The van der Waals surface area contributed by atoms with E-state index in [0.29, 0.717) is 51.5 Å². The second kappa shape index (κ2) is 10.7. The molecule has 1 heterocycles. The maximum Gasteiger partial charge on any atom is 0.243 e. The van der Waals surface area contributed by atoms with Crippen LogP contribution in [0.4, 0.5) is 0 Å². The summed E-state index contributed by atoms with van der Waals surface area (Å²) in [6.07, 6.45) is 4.17. The van der Waals surface area contributed by atoms with Crippen molar-refractivity contribution in [1.29, 1.82) is 0 Å². The highest BCUT2D eigenvalue weighted by atomic mass is 16.3. The molecule has 0 aromatic heterocycles. The van der Waals surface area contributed by atoms with Gasteiger partial charge in [0.2, 0.25) is 17.7 Å². The average Bonchev–Trinajstić information content (AvgIpc) is 3.07. The van der Waals surface area contributed by atoms with E-state index in [0.717, 1.165) is 0 Å². The summed E-state index contributed by atoms with van der Waals surface area (Å²) in [5, 5.41) is 20.7. The van der Waals surface area contributed by atoms with Gasteiger partial charge < -0.3 is 31.9 Å². The Morgan fingerprint density at radius 2 is 1.62 bits per heavy atom. The van der Waals surface area contributed by atoms with Gasteiger partial charge in [0, 0.05) is 18.4 Å². The van der Waals surface area contributed by atoms with E-state index in [1.165, 1.54) is 4.90 Å². The highest BCUT2D eigenvalue weighted by Gasteiger charge is 2.39. The minimum atomic E-state index is -1.18. The van der Waals surface area contributed by atoms with Crippen LogP contribution in [0.5, 0.6) is 0 Å². The van der Waals surface area contributed by atoms with Crippen LogP contribution < -0.4 is 16.8 Å². The fourth-order valence-corrected chi connectivity index (χ4v) is 4.24. The first-order valence-corrected chi connectivity index (χ1v) is 10.2. The molecule has 10 nitrogen and oxygen atoms in total. The molecule has 5 atom stereocenters. The summed E-state index contributed by atoms with van der Waals surface area (Å²) >= 11 is 0. The first-order valence-electron chi connectivity index (χ1n) is 10.2. The molecule has 7 N–H and O–H groups in total. The molecular formula is C19H32N4O6. The minimum absolute atomic E-state index is 0.123. The Morgan fingerprint density at radius 1 is 0.966 bits per heavy atom. The lowest BCUT2D eigenvalue weighted by Crippen LogP contribution is -2.54. The first-order chi connectivity index (χ1) is 13.8. The Hall–Kier alpha value is -2.04. The molecule has 164 valence electrons. The molecule has 0 spiro atoms. The number of aliphatic hydroxyl groups excluding tert-OH is 2. The second-order valence-corrected chi connectivity index (χ2v) is 7.93. The number of likely N-dealkylation sites (tertiary alicyclic amines) is 1. The number of rotatable bonds is 8. The maximum absolute atomic E-state index is 13.1. The first kappa shape index (κ1) is 23.2. The van der Waals surface area contributed by atoms with Crippen LogP contribution >= 0.6 is 0 Å². The number of nitrogens with two attached hydrogens (primary N) is 2. The molecule has 1 saturated heterocycles. The van der Waals surface area contributed by atoms with E-state index in [1.807, 2.05) is 0 Å². The molecule has 2 unspecified atom stereocenters. The van der Waals surface area contributed by atoms with E-state index in [1.54, 1.807) is 0 Å². The third-order valence-electron chi connectivity index (χ3n) is 5.96. The van der Waals surface area contributed by atoms with Crippen LogP contribution in [0.2, 0.25) is 0 Å². The summed E-state index contributed by atoms with van der Waals surface area (Å²) in [5.41, 5.74) is 10.8. The second-order valence-electron chi connectivity index (χ2n) is 7.93. The van der Waals surface area contributed by atoms with E-state index in [9.17, 15) is 24.3 Å². The number of hydrogen-bond acceptors (Lipinski definition) is 7. The number of carbonyl (C=O) groups excluding carboxylic acids is 4. The molecule has 1 aliphatic carbocycles. The normalized spacial score (nSPS) is 27.0. The SMILES string of the molecule is NC(=O)[C@H](CO)NC(=O)C1CCCN1C(=O)[C@@H]1CCCC(C(=O)[C@@H](N)CO)CC1. The third kappa shape index (κ3) is 5.74. The van der Waals surface area contributed by atoms with Crippen LogP contribution in [-0.4, -0.2) is 76.5 Å². The van der Waals surface area contributed by atoms with Crippen LogP contribution in [0.25, 0.3) is 0 Å². The molecule has 1 saturated carbocycles. The Bertz CT molecular complexity index is 628. The number of primary amides is 1. The lowest BCUT2D eigenvalue weighted by Gasteiger charge is -2.28. The van der Waals surface area contributed by atoms with E-state index >= 15 is 0 Å². The fraction of sp³-hybridized carbons (Fsp3) is 0.789. The summed E-state index contributed by atoms with van der Waals surface area (Å²) in [6, 6.07) is -2.76. The molecule has 3 amide bonds. The highest BCUT2D eigenvalue weighted by Crippen LogP contribution is 2.31. The zero-order chi connectivity index (χ0) is 21.6. The van der Waals surface area contributed by atoms with Gasteiger partial charge in [-0.05, 0) is 38.5 Å². The third-order valence-corrected chi connectivity index (χ3v) is 5.96. The molecule has 0 bridgehead atoms. The van der Waals surface area contributed by atoms with Gasteiger partial charge in [-0.25, -0.2) is 0 Å². The van der Waals surface area contributed by atoms with E-state index in [4.69, 9.17) is 16.6 Å². The molecule has 1 aliphatic heterocycles. The summed E-state index contributed by atoms with van der Waals surface area (Å²) in [7, 11) is 0. The van der Waals surface area contributed by atoms with Crippen molar-refractivity contribution in [3.05, 3.63) is 0 Å². The summed E-state index contributed by atoms with van der Waals surface area (Å²) in [4.78, 5) is 50.6. The zero-order valence-corrected chi connectivity index (χ0v) is 16.6. The van der Waals surface area contributed by atoms with Crippen LogP contribution in [-0.2, 0) is 19.2 Å². The van der Waals surface area contributed by atoms with Crippen LogP contribution in [0.15, 0.2) is 0 Å². The van der Waals surface area contributed by atoms with Crippen molar-refractivity contribution in [3.63, 3.8) is 0 Å². The van der Waals surface area contributed by atoms with E-state index in [2.05, 4.69) is 5.32 Å². The summed E-state index contributed by atoms with van der Waals surface area (Å²) in [5.74, 6) is -2.16. The predicted octanol–water partition coefficient (Wildman–Crippen LogP) is -1.97. The predicted molar refractivity (Wildman–Crippen MR) is 103 cm³/mol. The van der Waals surface area contributed by atoms with Crippen molar-refractivity contribution < 1.29 is 29.4 Å². The maximum atomic E-state index is 13.1. The van der Waals surface area contributed by atoms with Gasteiger partial charge >= 0.3 is 0 Å². The van der Waals surface area contributed by atoms with Crippen molar-refractivity contribution in [2.75, 3.05) is 19.8 Å². The van der Waals surface area contributed by atoms with Crippen molar-refractivity contribution >= 4 is 23.5 Å². The molecule has 10 heteroatoms. The molecule has 0 aromatic carbocycles. The van der Waals surface area contributed by atoms with Gasteiger partial charge in [-0.15, -0.1) is 0 Å². The Morgan fingerprint density at radius 3 is 2.24 bits per heavy atom. The molecule has 2 rings (SSSR count). The summed E-state index contributed by atoms with van der Waals surface area (Å²) in [6.45, 7) is -0.538. The quantitative estimate of drug-likeness (QED) is 0.287. The molecule has 29 heavy (non-hydrogen) atoms. The average molecular weight is 412 g/mol. The number of carbonyl (C=O) groups is 4. The standard InChI is InChI=1S/C19H32N4O6/c20-13(9-24)16(26)11-3-1-4-12(7-6-11)19(29)23-8-2-5-15(23)18(28)22-14(10-25)17(21)27/h11-15,24-25H,1-10,20H2,(H2,21,27)(H,22,28)/t11?,12-,13+,14+,15?/m1/s1. The number of hydrogen-bond donors (Lipinski definition) is 5. The fourth-order valence-electron chi connectivity index (χ4n) is 4.24. The van der Waals surface area contributed by atoms with Crippen molar-refractivity contribution in [1.82, 2.24) is 10.2 Å². The van der Waals surface area contributed by atoms with Gasteiger partial charge in [0.1, 0.15) is 12.1 Å². The highest BCUT2D eigenvalue weighted by molar-refractivity contribution is 5.92. The zero-order valence-electron chi connectivity index (χ0n) is 16.6. The van der Waals surface area contributed by atoms with Crippen molar-refractivity contribution in [3.8, 4) is 0 Å². The Labute approximate surface area is 170 Å². The van der Waals surface area contributed by atoms with Crippen molar-refractivity contribution in [2.24, 2.45) is 23.3 Å². The molecular weight excluding hydrogens is 380 g/mol. The summed E-state index contributed by atoms with van der Waals surface area (Å²) < 4.78 is 0. The molecule has 2 aliphatic rings. The lowest BCUT2D eigenvalue weighted by atomic mass is 9.91. The van der Waals surface area contributed by atoms with E-state index < -0.39 is 36.5 Å². The Kier molecular flexibility index (Phi) is 8.54. The van der Waals surface area contributed by atoms with Gasteiger partial charge in [-0.2, -0.15) is 0 Å². The largest absolute Gasteiger partial charge is 0.394 e.